The number of nitrogens with zero attached hydrogens (tertiary/aromatic N) is 7. The summed E-state index contributed by atoms with van der Waals surface area (Å²) < 4.78 is 1.87. The van der Waals surface area contributed by atoms with Crippen molar-refractivity contribution in [2.75, 3.05) is 56.9 Å². The second kappa shape index (κ2) is 11.3. The van der Waals surface area contributed by atoms with Crippen LogP contribution >= 0.6 is 23.2 Å². The minimum atomic E-state index is 0.529. The van der Waals surface area contributed by atoms with Crippen LogP contribution in [0.25, 0.3) is 16.8 Å². The Morgan fingerprint density at radius 2 is 1.84 bits per heavy atom. The monoisotopic (exact) mass is 535 g/mol. The van der Waals surface area contributed by atoms with Crippen LogP contribution in [0.15, 0.2) is 48.8 Å². The Bertz CT molecular complexity index is 1420. The second-order valence-electron chi connectivity index (χ2n) is 9.04. The zero-order valence-electron chi connectivity index (χ0n) is 20.5. The van der Waals surface area contributed by atoms with Gasteiger partial charge in [-0.2, -0.15) is 10.4 Å². The second-order valence-corrected chi connectivity index (χ2v) is 9.88. The number of hydrogen-bond acceptors (Lipinski definition) is 8. The molecule has 4 aromatic rings. The normalized spacial score (nSPS) is 14.5. The van der Waals surface area contributed by atoms with Crippen molar-refractivity contribution in [1.29, 1.82) is 5.26 Å². The predicted octanol–water partition coefficient (Wildman–Crippen LogP) is 4.24. The number of halogens is 2. The molecule has 0 aliphatic carbocycles. The summed E-state index contributed by atoms with van der Waals surface area (Å²) in [7, 11) is 2.15. The van der Waals surface area contributed by atoms with Gasteiger partial charge in [-0.25, -0.2) is 14.5 Å². The van der Waals surface area contributed by atoms with Crippen molar-refractivity contribution in [2.24, 2.45) is 0 Å². The van der Waals surface area contributed by atoms with E-state index in [2.05, 4.69) is 44.6 Å². The fourth-order valence-electron chi connectivity index (χ4n) is 4.25. The summed E-state index contributed by atoms with van der Waals surface area (Å²) in [5, 5.41) is 21.6. The smallest absolute Gasteiger partial charge is 0.152 e. The van der Waals surface area contributed by atoms with Crippen molar-refractivity contribution >= 4 is 40.4 Å². The molecular weight excluding hydrogens is 509 g/mol. The summed E-state index contributed by atoms with van der Waals surface area (Å²) in [5.41, 5.74) is 3.91. The number of hydrogen-bond donors (Lipinski definition) is 2. The van der Waals surface area contributed by atoms with Crippen molar-refractivity contribution in [3.63, 3.8) is 0 Å². The van der Waals surface area contributed by atoms with Gasteiger partial charge in [0.1, 0.15) is 17.4 Å². The summed E-state index contributed by atoms with van der Waals surface area (Å²) >= 11 is 12.6. The molecule has 11 heteroatoms. The standard InChI is InChI=1S/C26H27Cl2N9/c1-35-8-10-36(11-9-35)16-20-13-24-26(31-7-6-30-25-5-2-18(14-29)15-32-25)33-23(17-37(24)34-20)21-4-3-19(27)12-22(21)28/h2-5,12-13,15,17H,6-11,16H2,1H3,(H,30,32)(H,31,33). The molecule has 0 unspecified atom stereocenters. The number of fused-ring (bicyclic) bond motifs is 1. The molecule has 190 valence electrons. The summed E-state index contributed by atoms with van der Waals surface area (Å²) in [6.07, 6.45) is 3.45. The highest BCUT2D eigenvalue weighted by molar-refractivity contribution is 6.36. The molecule has 0 atom stereocenters. The molecule has 1 fully saturated rings. The molecule has 0 radical (unpaired) electrons. The number of anilines is 2. The maximum Gasteiger partial charge on any atom is 0.152 e. The first kappa shape index (κ1) is 25.2. The van der Waals surface area contributed by atoms with Crippen LogP contribution in [0.3, 0.4) is 0 Å². The Kier molecular flexibility index (Phi) is 7.72. The average molecular weight is 536 g/mol. The van der Waals surface area contributed by atoms with Crippen LogP contribution in [0, 0.1) is 11.3 Å². The lowest BCUT2D eigenvalue weighted by molar-refractivity contribution is 0.147. The van der Waals surface area contributed by atoms with Gasteiger partial charge in [-0.3, -0.25) is 4.90 Å². The van der Waals surface area contributed by atoms with Gasteiger partial charge in [0.25, 0.3) is 0 Å². The lowest BCUT2D eigenvalue weighted by Gasteiger charge is -2.31. The fraction of sp³-hybridized carbons (Fsp3) is 0.308. The molecule has 9 nitrogen and oxygen atoms in total. The molecule has 1 saturated heterocycles. The number of nitriles is 1. The van der Waals surface area contributed by atoms with Gasteiger partial charge in [-0.1, -0.05) is 23.2 Å². The number of nitrogens with one attached hydrogen (secondary N) is 2. The third-order valence-corrected chi connectivity index (χ3v) is 6.86. The van der Waals surface area contributed by atoms with Crippen LogP contribution in [0.2, 0.25) is 10.0 Å². The molecule has 4 heterocycles. The lowest BCUT2D eigenvalue weighted by Crippen LogP contribution is -2.43. The number of pyridine rings is 1. The molecule has 0 amide bonds. The summed E-state index contributed by atoms with van der Waals surface area (Å²) in [4.78, 5) is 13.9. The zero-order chi connectivity index (χ0) is 25.8. The number of benzene rings is 1. The van der Waals surface area contributed by atoms with Gasteiger partial charge in [0.15, 0.2) is 5.82 Å². The Morgan fingerprint density at radius 3 is 2.57 bits per heavy atom. The minimum absolute atomic E-state index is 0.529. The van der Waals surface area contributed by atoms with Crippen LogP contribution in [-0.4, -0.2) is 75.7 Å². The van der Waals surface area contributed by atoms with E-state index < -0.39 is 0 Å². The quantitative estimate of drug-likeness (QED) is 0.323. The highest BCUT2D eigenvalue weighted by Gasteiger charge is 2.18. The molecule has 2 N–H and O–H groups in total. The van der Waals surface area contributed by atoms with Crippen LogP contribution in [-0.2, 0) is 6.54 Å². The van der Waals surface area contributed by atoms with Crippen molar-refractivity contribution in [3.05, 3.63) is 70.1 Å². The third kappa shape index (κ3) is 6.12. The Morgan fingerprint density at radius 1 is 1.03 bits per heavy atom. The van der Waals surface area contributed by atoms with E-state index in [9.17, 15) is 0 Å². The average Bonchev–Trinajstić information content (AvgIpc) is 3.30. The van der Waals surface area contributed by atoms with E-state index in [1.54, 1.807) is 30.5 Å². The molecule has 3 aromatic heterocycles. The molecule has 1 aromatic carbocycles. The van der Waals surface area contributed by atoms with E-state index in [1.807, 2.05) is 16.8 Å². The molecule has 5 rings (SSSR count). The van der Waals surface area contributed by atoms with Gasteiger partial charge in [0, 0.05) is 62.6 Å². The largest absolute Gasteiger partial charge is 0.368 e. The molecule has 1 aliphatic heterocycles. The topological polar surface area (TPSA) is 97.4 Å². The molecule has 0 saturated carbocycles. The maximum atomic E-state index is 8.94. The first-order valence-electron chi connectivity index (χ1n) is 12.1. The summed E-state index contributed by atoms with van der Waals surface area (Å²) in [6.45, 7) is 6.16. The van der Waals surface area contributed by atoms with E-state index >= 15 is 0 Å². The van der Waals surface area contributed by atoms with Gasteiger partial charge in [-0.15, -0.1) is 0 Å². The van der Waals surface area contributed by atoms with Crippen molar-refractivity contribution in [1.82, 2.24) is 29.4 Å². The first-order valence-corrected chi connectivity index (χ1v) is 12.8. The maximum absolute atomic E-state index is 8.94. The van der Waals surface area contributed by atoms with Gasteiger partial charge < -0.3 is 15.5 Å². The Hall–Kier alpha value is -3.42. The fourth-order valence-corrected chi connectivity index (χ4v) is 4.75. The number of piperazine rings is 1. The van der Waals surface area contributed by atoms with Gasteiger partial charge in [0.2, 0.25) is 0 Å². The molecule has 0 bridgehead atoms. The van der Waals surface area contributed by atoms with Gasteiger partial charge >= 0.3 is 0 Å². The summed E-state index contributed by atoms with van der Waals surface area (Å²) in [5.74, 6) is 1.43. The van der Waals surface area contributed by atoms with Crippen LogP contribution < -0.4 is 10.6 Å². The van der Waals surface area contributed by atoms with Gasteiger partial charge in [0.05, 0.1) is 28.2 Å². The van der Waals surface area contributed by atoms with Crippen molar-refractivity contribution in [3.8, 4) is 17.3 Å². The number of likely N-dealkylation sites (N-methyl/N-ethyl adjacent to an activating group) is 1. The zero-order valence-corrected chi connectivity index (χ0v) is 22.0. The van der Waals surface area contributed by atoms with E-state index in [-0.39, 0.29) is 0 Å². The number of rotatable bonds is 8. The Labute approximate surface area is 225 Å². The Balaban J connectivity index is 1.37. The van der Waals surface area contributed by atoms with Crippen molar-refractivity contribution in [2.45, 2.75) is 6.54 Å². The number of aromatic nitrogens is 4. The van der Waals surface area contributed by atoms with Crippen LogP contribution in [0.1, 0.15) is 11.3 Å². The lowest BCUT2D eigenvalue weighted by atomic mass is 10.1. The van der Waals surface area contributed by atoms with E-state index in [4.69, 9.17) is 38.5 Å². The minimum Gasteiger partial charge on any atom is -0.368 e. The third-order valence-electron chi connectivity index (χ3n) is 6.31. The first-order chi connectivity index (χ1) is 18.0. The molecule has 37 heavy (non-hydrogen) atoms. The molecular formula is C26H27Cl2N9. The van der Waals surface area contributed by atoms with E-state index in [0.29, 0.717) is 40.2 Å². The van der Waals surface area contributed by atoms with Crippen molar-refractivity contribution < 1.29 is 0 Å². The summed E-state index contributed by atoms with van der Waals surface area (Å²) in [6, 6.07) is 13.1. The van der Waals surface area contributed by atoms with Crippen LogP contribution in [0.5, 0.6) is 0 Å². The van der Waals surface area contributed by atoms with Crippen LogP contribution in [0.4, 0.5) is 11.6 Å². The highest BCUT2D eigenvalue weighted by Crippen LogP contribution is 2.31. The molecule has 0 spiro atoms. The predicted molar refractivity (Wildman–Crippen MR) is 147 cm³/mol. The van der Waals surface area contributed by atoms with Gasteiger partial charge in [-0.05, 0) is 43.4 Å². The van der Waals surface area contributed by atoms with E-state index in [0.717, 1.165) is 55.3 Å². The SMILES string of the molecule is CN1CCN(Cc2cc3c(NCCNc4ccc(C#N)cn4)nc(-c4ccc(Cl)cc4Cl)cn3n2)CC1. The highest BCUT2D eigenvalue weighted by atomic mass is 35.5. The van der Waals surface area contributed by atoms with E-state index in [1.165, 1.54) is 0 Å². The molecule has 1 aliphatic rings.